The summed E-state index contributed by atoms with van der Waals surface area (Å²) in [4.78, 5) is 8.81. The van der Waals surface area contributed by atoms with Crippen LogP contribution in [-0.4, -0.2) is 38.2 Å². The Morgan fingerprint density at radius 1 is 1.00 bits per heavy atom. The molecule has 2 radical (unpaired) electrons. The first-order valence-electron chi connectivity index (χ1n) is 8.85. The summed E-state index contributed by atoms with van der Waals surface area (Å²) in [5.74, 6) is 0. The van der Waals surface area contributed by atoms with Gasteiger partial charge in [-0.2, -0.15) is 0 Å². The average Bonchev–Trinajstić information content (AvgIpc) is 2.56. The van der Waals surface area contributed by atoms with Crippen LogP contribution >= 0.6 is 0 Å². The van der Waals surface area contributed by atoms with Crippen molar-refractivity contribution in [3.63, 3.8) is 0 Å². The molecule has 0 bridgehead atoms. The monoisotopic (exact) mass is 412 g/mol. The maximum absolute atomic E-state index is 5.22. The first-order chi connectivity index (χ1) is 10.7. The predicted molar refractivity (Wildman–Crippen MR) is 95.2 cm³/mol. The van der Waals surface area contributed by atoms with Gasteiger partial charge in [-0.25, -0.2) is 0 Å². The summed E-state index contributed by atoms with van der Waals surface area (Å²) < 4.78 is 7.10. The summed E-state index contributed by atoms with van der Waals surface area (Å²) in [5.41, 5.74) is 0. The molecule has 0 aliphatic heterocycles. The van der Waals surface area contributed by atoms with Crippen molar-refractivity contribution in [1.82, 2.24) is 9.97 Å². The van der Waals surface area contributed by atoms with E-state index in [-0.39, 0.29) is 0 Å². The van der Waals surface area contributed by atoms with Gasteiger partial charge in [0, 0.05) is 0 Å². The molecule has 0 aliphatic carbocycles. The van der Waals surface area contributed by atoms with Gasteiger partial charge in [-0.3, -0.25) is 0 Å². The van der Waals surface area contributed by atoms with Crippen molar-refractivity contribution in [2.24, 2.45) is 0 Å². The average molecular weight is 411 g/mol. The van der Waals surface area contributed by atoms with Crippen LogP contribution in [0.25, 0.3) is 0 Å². The summed E-state index contributed by atoms with van der Waals surface area (Å²) >= 11 is -0.760. The first-order valence-corrected chi connectivity index (χ1v) is 11.7. The van der Waals surface area contributed by atoms with Gasteiger partial charge in [-0.05, 0) is 0 Å². The number of unbranched alkanes of at least 4 members (excludes halogenated alkanes) is 3. The minimum absolute atomic E-state index is 0.536. The first kappa shape index (κ1) is 19.7. The van der Waals surface area contributed by atoms with Crippen LogP contribution in [0, 0.1) is 0 Å². The van der Waals surface area contributed by atoms with E-state index < -0.39 is 21.1 Å². The number of nitrogens with zero attached hydrogens (tertiary/aromatic N) is 2. The van der Waals surface area contributed by atoms with E-state index in [1.165, 1.54) is 61.5 Å². The molecular formula is C18H32N2OSn. The van der Waals surface area contributed by atoms with Crippen LogP contribution in [0.15, 0.2) is 12.3 Å². The molecule has 22 heavy (non-hydrogen) atoms. The summed E-state index contributed by atoms with van der Waals surface area (Å²) in [7, 11) is 1.66. The molecule has 0 saturated carbocycles. The fraction of sp³-hybridized carbons (Fsp3) is 0.778. The quantitative estimate of drug-likeness (QED) is 0.474. The molecular weight excluding hydrogens is 379 g/mol. The predicted octanol–water partition coefficient (Wildman–Crippen LogP) is 4.54. The minimum atomic E-state index is -0.760. The van der Waals surface area contributed by atoms with E-state index in [2.05, 4.69) is 36.8 Å². The molecule has 1 heterocycles. The summed E-state index contributed by atoms with van der Waals surface area (Å²) in [5, 5.41) is 0. The Morgan fingerprint density at radius 3 is 2.00 bits per heavy atom. The number of hydrogen-bond acceptors (Lipinski definition) is 3. The zero-order chi connectivity index (χ0) is 16.3. The van der Waals surface area contributed by atoms with Crippen molar-refractivity contribution >= 4 is 24.9 Å². The van der Waals surface area contributed by atoms with Gasteiger partial charge in [0.15, 0.2) is 0 Å². The maximum atomic E-state index is 5.22. The summed E-state index contributed by atoms with van der Waals surface area (Å²) in [6.07, 6.45) is 14.0. The van der Waals surface area contributed by atoms with E-state index in [9.17, 15) is 0 Å². The van der Waals surface area contributed by atoms with Gasteiger partial charge in [0.05, 0.1) is 0 Å². The third-order valence-corrected chi connectivity index (χ3v) is 9.42. The Kier molecular flexibility index (Phi) is 10.1. The van der Waals surface area contributed by atoms with Crippen LogP contribution in [0.5, 0.6) is 6.01 Å². The Balaban J connectivity index is 2.92. The standard InChI is InChI=1S/C13H27.C5H5N2O.Sn/c1-4-7-10-13(11-8-5-2)12-9-6-3;1-8-5-6-3-2-4-7-5;/h4-12H2,1-3H3;2-3H,1H3;. The second-order valence-corrected chi connectivity index (χ2v) is 11.3. The van der Waals surface area contributed by atoms with Crippen LogP contribution < -0.4 is 8.45 Å². The Hall–Kier alpha value is -0.321. The second kappa shape index (κ2) is 11.3. The van der Waals surface area contributed by atoms with Gasteiger partial charge < -0.3 is 0 Å². The van der Waals surface area contributed by atoms with Crippen LogP contribution in [0.1, 0.15) is 78.6 Å². The van der Waals surface area contributed by atoms with Gasteiger partial charge in [-0.15, -0.1) is 0 Å². The van der Waals surface area contributed by atoms with Crippen LogP contribution in [0.3, 0.4) is 0 Å². The Labute approximate surface area is 146 Å². The molecule has 4 heteroatoms. The van der Waals surface area contributed by atoms with E-state index >= 15 is 0 Å². The van der Waals surface area contributed by atoms with E-state index in [1.807, 2.05) is 6.20 Å². The van der Waals surface area contributed by atoms with Crippen LogP contribution in [0.2, 0.25) is 3.43 Å². The van der Waals surface area contributed by atoms with Gasteiger partial charge in [-0.1, -0.05) is 0 Å². The Bertz CT molecular complexity index is 390. The van der Waals surface area contributed by atoms with Crippen LogP contribution in [-0.2, 0) is 0 Å². The fourth-order valence-corrected chi connectivity index (χ4v) is 7.91. The van der Waals surface area contributed by atoms with Crippen molar-refractivity contribution in [3.8, 4) is 6.01 Å². The van der Waals surface area contributed by atoms with E-state index in [0.29, 0.717) is 9.44 Å². The van der Waals surface area contributed by atoms with Crippen molar-refractivity contribution in [1.29, 1.82) is 0 Å². The topological polar surface area (TPSA) is 35.0 Å². The number of methoxy groups -OCH3 is 1. The summed E-state index contributed by atoms with van der Waals surface area (Å²) in [6.45, 7) is 6.93. The molecule has 1 aromatic rings. The van der Waals surface area contributed by atoms with Gasteiger partial charge in [0.2, 0.25) is 0 Å². The molecule has 1 rings (SSSR count). The second-order valence-electron chi connectivity index (χ2n) is 6.14. The molecule has 0 aromatic carbocycles. The molecule has 0 amide bonds. The SMILES string of the molecule is CCCC[C](CCCC)(CCCC)[Sn][c]1ccnc(OC)n1. The van der Waals surface area contributed by atoms with Crippen molar-refractivity contribution < 1.29 is 4.74 Å². The molecule has 0 atom stereocenters. The normalized spacial score (nSPS) is 11.6. The Morgan fingerprint density at radius 2 is 1.55 bits per heavy atom. The van der Waals surface area contributed by atoms with E-state index in [1.54, 1.807) is 7.11 Å². The van der Waals surface area contributed by atoms with E-state index in [4.69, 9.17) is 4.74 Å². The van der Waals surface area contributed by atoms with Crippen molar-refractivity contribution in [2.75, 3.05) is 7.11 Å². The molecule has 0 spiro atoms. The number of hydrogen-bond donors (Lipinski definition) is 0. The van der Waals surface area contributed by atoms with Gasteiger partial charge >= 0.3 is 147 Å². The molecule has 3 nitrogen and oxygen atoms in total. The third kappa shape index (κ3) is 6.84. The summed E-state index contributed by atoms with van der Waals surface area (Å²) in [6, 6.07) is 2.67. The zero-order valence-electron chi connectivity index (χ0n) is 14.8. The van der Waals surface area contributed by atoms with E-state index in [0.717, 1.165) is 0 Å². The van der Waals surface area contributed by atoms with Gasteiger partial charge in [0.25, 0.3) is 0 Å². The number of ether oxygens (including phenoxy) is 1. The van der Waals surface area contributed by atoms with Gasteiger partial charge in [0.1, 0.15) is 0 Å². The molecule has 124 valence electrons. The molecule has 0 saturated heterocycles. The fourth-order valence-electron chi connectivity index (χ4n) is 2.89. The van der Waals surface area contributed by atoms with Crippen molar-refractivity contribution in [2.45, 2.75) is 82.0 Å². The molecule has 0 fully saturated rings. The number of aromatic nitrogens is 2. The molecule has 0 N–H and O–H groups in total. The van der Waals surface area contributed by atoms with Crippen molar-refractivity contribution in [3.05, 3.63) is 12.3 Å². The molecule has 0 unspecified atom stereocenters. The molecule has 0 aliphatic rings. The zero-order valence-corrected chi connectivity index (χ0v) is 17.7. The number of rotatable bonds is 12. The molecule has 1 aromatic heterocycles. The third-order valence-electron chi connectivity index (χ3n) is 4.24. The van der Waals surface area contributed by atoms with Crippen LogP contribution in [0.4, 0.5) is 0 Å².